The first-order valence-electron chi connectivity index (χ1n) is 5.73. The number of likely N-dealkylation sites (tertiary alicyclic amines) is 1. The van der Waals surface area contributed by atoms with E-state index in [4.69, 9.17) is 0 Å². The van der Waals surface area contributed by atoms with E-state index in [1.807, 2.05) is 11.2 Å². The second-order valence-corrected chi connectivity index (χ2v) is 5.61. The monoisotopic (exact) mass is 228 g/mol. The number of piperidine rings is 1. The third-order valence-corrected chi connectivity index (χ3v) is 4.31. The zero-order valence-electron chi connectivity index (χ0n) is 9.42. The first kappa shape index (κ1) is 11.3. The van der Waals surface area contributed by atoms with Crippen molar-refractivity contribution in [3.63, 3.8) is 0 Å². The van der Waals surface area contributed by atoms with Crippen LogP contribution in [0.5, 0.6) is 0 Å². The molecule has 0 saturated carbocycles. The molecule has 2 rings (SSSR count). The molecule has 2 aliphatic heterocycles. The lowest BCUT2D eigenvalue weighted by atomic mass is 9.78. The molecule has 0 aromatic heterocycles. The van der Waals surface area contributed by atoms with E-state index in [1.165, 1.54) is 25.8 Å². The van der Waals surface area contributed by atoms with E-state index in [0.717, 1.165) is 19.6 Å². The van der Waals surface area contributed by atoms with Crippen molar-refractivity contribution in [3.05, 3.63) is 0 Å². The average molecular weight is 228 g/mol. The highest BCUT2D eigenvalue weighted by molar-refractivity contribution is 7.99. The Kier molecular flexibility index (Phi) is 3.57. The smallest absolute Gasteiger partial charge is 0.232 e. The molecule has 0 aromatic carbocycles. The number of hydrogen-bond donors (Lipinski definition) is 1. The normalized spacial score (nSPS) is 24.7. The van der Waals surface area contributed by atoms with Crippen molar-refractivity contribution in [1.82, 2.24) is 10.2 Å². The molecule has 0 atom stereocenters. The Hall–Kier alpha value is -0.220. The highest BCUT2D eigenvalue weighted by atomic mass is 32.2. The van der Waals surface area contributed by atoms with Crippen LogP contribution in [0.1, 0.15) is 19.3 Å². The Labute approximate surface area is 96.0 Å². The molecule has 1 amide bonds. The van der Waals surface area contributed by atoms with E-state index in [1.54, 1.807) is 11.8 Å². The minimum atomic E-state index is 0.323. The summed E-state index contributed by atoms with van der Waals surface area (Å²) >= 11 is 1.62. The van der Waals surface area contributed by atoms with Gasteiger partial charge in [-0.05, 0) is 37.5 Å². The summed E-state index contributed by atoms with van der Waals surface area (Å²) in [5.41, 5.74) is 0.524. The van der Waals surface area contributed by atoms with Gasteiger partial charge in [0, 0.05) is 19.6 Å². The van der Waals surface area contributed by atoms with Gasteiger partial charge in [-0.25, -0.2) is 0 Å². The molecule has 4 heteroatoms. The van der Waals surface area contributed by atoms with Gasteiger partial charge in [-0.3, -0.25) is 4.79 Å². The Balaban J connectivity index is 1.83. The molecule has 86 valence electrons. The second-order valence-electron chi connectivity index (χ2n) is 4.74. The summed E-state index contributed by atoms with van der Waals surface area (Å²) < 4.78 is 0. The van der Waals surface area contributed by atoms with Crippen molar-refractivity contribution in [2.75, 3.05) is 38.2 Å². The molecule has 1 N–H and O–H groups in total. The van der Waals surface area contributed by atoms with Crippen LogP contribution in [-0.4, -0.2) is 49.0 Å². The van der Waals surface area contributed by atoms with Crippen LogP contribution in [0.15, 0.2) is 0 Å². The number of hydrogen-bond acceptors (Lipinski definition) is 3. The number of rotatable bonds is 2. The minimum Gasteiger partial charge on any atom is -0.342 e. The van der Waals surface area contributed by atoms with Crippen molar-refractivity contribution in [3.8, 4) is 0 Å². The van der Waals surface area contributed by atoms with Crippen LogP contribution in [0.2, 0.25) is 0 Å². The molecule has 2 heterocycles. The van der Waals surface area contributed by atoms with Crippen molar-refractivity contribution in [2.24, 2.45) is 5.41 Å². The number of thioether (sulfide) groups is 1. The molecule has 0 aromatic rings. The van der Waals surface area contributed by atoms with Gasteiger partial charge in [-0.2, -0.15) is 11.8 Å². The van der Waals surface area contributed by atoms with E-state index < -0.39 is 0 Å². The Morgan fingerprint density at radius 2 is 2.13 bits per heavy atom. The zero-order chi connectivity index (χ0) is 10.7. The standard InChI is InChI=1S/C11H20N2OS/c1-15-8-10(14)13-6-3-11(4-7-13)2-5-12-9-11/h12H,2-9H2,1H3. The topological polar surface area (TPSA) is 32.3 Å². The summed E-state index contributed by atoms with van der Waals surface area (Å²) in [7, 11) is 0. The van der Waals surface area contributed by atoms with E-state index in [9.17, 15) is 4.79 Å². The first-order chi connectivity index (χ1) is 7.26. The van der Waals surface area contributed by atoms with Crippen molar-refractivity contribution in [1.29, 1.82) is 0 Å². The molecule has 2 aliphatic rings. The lowest BCUT2D eigenvalue weighted by molar-refractivity contribution is -0.130. The molecular formula is C11H20N2OS. The Morgan fingerprint density at radius 3 is 2.67 bits per heavy atom. The van der Waals surface area contributed by atoms with Crippen LogP contribution in [0, 0.1) is 5.41 Å². The quantitative estimate of drug-likeness (QED) is 0.764. The predicted molar refractivity (Wildman–Crippen MR) is 64.1 cm³/mol. The molecule has 0 bridgehead atoms. The maximum absolute atomic E-state index is 11.7. The Bertz CT molecular complexity index is 229. The average Bonchev–Trinajstić information content (AvgIpc) is 2.68. The fraction of sp³-hybridized carbons (Fsp3) is 0.909. The molecule has 3 nitrogen and oxygen atoms in total. The van der Waals surface area contributed by atoms with Crippen molar-refractivity contribution >= 4 is 17.7 Å². The summed E-state index contributed by atoms with van der Waals surface area (Å²) in [5, 5.41) is 3.44. The third kappa shape index (κ3) is 2.48. The summed E-state index contributed by atoms with van der Waals surface area (Å²) in [6, 6.07) is 0. The van der Waals surface area contributed by atoms with Gasteiger partial charge in [0.25, 0.3) is 0 Å². The van der Waals surface area contributed by atoms with Gasteiger partial charge in [-0.15, -0.1) is 0 Å². The minimum absolute atomic E-state index is 0.323. The largest absolute Gasteiger partial charge is 0.342 e. The lowest BCUT2D eigenvalue weighted by Crippen LogP contribution is -2.44. The molecule has 0 radical (unpaired) electrons. The molecule has 0 aliphatic carbocycles. The fourth-order valence-corrected chi connectivity index (χ4v) is 3.10. The van der Waals surface area contributed by atoms with Gasteiger partial charge >= 0.3 is 0 Å². The molecule has 15 heavy (non-hydrogen) atoms. The van der Waals surface area contributed by atoms with Crippen LogP contribution in [0.4, 0.5) is 0 Å². The summed E-state index contributed by atoms with van der Waals surface area (Å²) in [6.07, 6.45) is 5.68. The third-order valence-electron chi connectivity index (χ3n) is 3.78. The van der Waals surface area contributed by atoms with Crippen LogP contribution in [-0.2, 0) is 4.79 Å². The molecule has 0 unspecified atom stereocenters. The van der Waals surface area contributed by atoms with Crippen molar-refractivity contribution < 1.29 is 4.79 Å². The van der Waals surface area contributed by atoms with E-state index >= 15 is 0 Å². The fourth-order valence-electron chi connectivity index (χ4n) is 2.67. The second kappa shape index (κ2) is 4.74. The van der Waals surface area contributed by atoms with Crippen LogP contribution >= 0.6 is 11.8 Å². The highest BCUT2D eigenvalue weighted by Crippen LogP contribution is 2.36. The molecule has 2 saturated heterocycles. The summed E-state index contributed by atoms with van der Waals surface area (Å²) in [5.74, 6) is 0.967. The predicted octanol–water partition coefficient (Wildman–Crippen LogP) is 0.952. The maximum atomic E-state index is 11.7. The first-order valence-corrected chi connectivity index (χ1v) is 7.13. The van der Waals surface area contributed by atoms with Gasteiger partial charge < -0.3 is 10.2 Å². The summed E-state index contributed by atoms with van der Waals surface area (Å²) in [6.45, 7) is 4.28. The van der Waals surface area contributed by atoms with Gasteiger partial charge in [0.15, 0.2) is 0 Å². The van der Waals surface area contributed by atoms with Gasteiger partial charge in [0.2, 0.25) is 5.91 Å². The van der Waals surface area contributed by atoms with Crippen LogP contribution in [0.3, 0.4) is 0 Å². The lowest BCUT2D eigenvalue weighted by Gasteiger charge is -2.38. The van der Waals surface area contributed by atoms with Gasteiger partial charge in [-0.1, -0.05) is 0 Å². The van der Waals surface area contributed by atoms with Gasteiger partial charge in [0.05, 0.1) is 5.75 Å². The van der Waals surface area contributed by atoms with Crippen LogP contribution < -0.4 is 5.32 Å². The van der Waals surface area contributed by atoms with E-state index in [0.29, 0.717) is 17.1 Å². The number of carbonyl (C=O) groups is 1. The van der Waals surface area contributed by atoms with Gasteiger partial charge in [0.1, 0.15) is 0 Å². The number of amides is 1. The van der Waals surface area contributed by atoms with E-state index in [2.05, 4.69) is 5.32 Å². The highest BCUT2D eigenvalue weighted by Gasteiger charge is 2.37. The molecular weight excluding hydrogens is 208 g/mol. The van der Waals surface area contributed by atoms with E-state index in [-0.39, 0.29) is 0 Å². The maximum Gasteiger partial charge on any atom is 0.232 e. The zero-order valence-corrected chi connectivity index (χ0v) is 10.2. The summed E-state index contributed by atoms with van der Waals surface area (Å²) in [4.78, 5) is 13.7. The Morgan fingerprint density at radius 1 is 1.40 bits per heavy atom. The molecule has 2 fully saturated rings. The molecule has 1 spiro atoms. The van der Waals surface area contributed by atoms with Crippen LogP contribution in [0.25, 0.3) is 0 Å². The number of carbonyl (C=O) groups excluding carboxylic acids is 1. The SMILES string of the molecule is CSCC(=O)N1CCC2(CCNC2)CC1. The number of nitrogens with zero attached hydrogens (tertiary/aromatic N) is 1. The number of nitrogens with one attached hydrogen (secondary N) is 1. The van der Waals surface area contributed by atoms with Crippen molar-refractivity contribution in [2.45, 2.75) is 19.3 Å².